The monoisotopic (exact) mass is 282 g/mol. The number of carboxylic acid groups (broad SMARTS) is 2. The molecule has 0 aliphatic heterocycles. The molecule has 0 rings (SSSR count). The van der Waals surface area contributed by atoms with Crippen molar-refractivity contribution in [3.8, 4) is 0 Å². The average Bonchev–Trinajstić information content (AvgIpc) is 2.24. The number of aliphatic hydroxyl groups is 2. The Morgan fingerprint density at radius 3 is 1.37 bits per heavy atom. The fraction of sp³-hybridized carbons (Fsp3) is 0.727. The van der Waals surface area contributed by atoms with Gasteiger partial charge in [-0.15, -0.1) is 0 Å². The average molecular weight is 282 g/mol. The van der Waals surface area contributed by atoms with Crippen molar-refractivity contribution in [3.05, 3.63) is 0 Å². The number of hydrogen-bond acceptors (Lipinski definition) is 6. The van der Waals surface area contributed by atoms with Crippen molar-refractivity contribution in [1.29, 1.82) is 0 Å². The third-order valence-corrected chi connectivity index (χ3v) is 1.39. The van der Waals surface area contributed by atoms with Crippen LogP contribution in [0.25, 0.3) is 0 Å². The molecule has 8 nitrogen and oxygen atoms in total. The molecule has 0 aromatic rings. The number of rotatable bonds is 4. The number of carbonyl (C=O) groups excluding carboxylic acids is 1. The SMILES string of the molecule is CC(=O)O.CC(=O)O.CC(=O)OCC(C)(CO)CO. The Hall–Kier alpha value is -1.67. The molecule has 0 aromatic heterocycles. The lowest BCUT2D eigenvalue weighted by Crippen LogP contribution is -2.32. The topological polar surface area (TPSA) is 141 Å². The van der Waals surface area contributed by atoms with Gasteiger partial charge in [-0.2, -0.15) is 0 Å². The van der Waals surface area contributed by atoms with E-state index in [-0.39, 0.29) is 19.8 Å². The van der Waals surface area contributed by atoms with E-state index in [2.05, 4.69) is 4.74 Å². The van der Waals surface area contributed by atoms with E-state index in [1.165, 1.54) is 6.92 Å². The lowest BCUT2D eigenvalue weighted by molar-refractivity contribution is -0.146. The molecule has 0 aliphatic carbocycles. The molecule has 8 heteroatoms. The molecule has 0 atom stereocenters. The number of hydrogen-bond donors (Lipinski definition) is 4. The van der Waals surface area contributed by atoms with E-state index in [4.69, 9.17) is 30.0 Å². The normalized spacial score (nSPS) is 9.16. The molecule has 0 fully saturated rings. The van der Waals surface area contributed by atoms with Crippen molar-refractivity contribution in [2.75, 3.05) is 19.8 Å². The van der Waals surface area contributed by atoms with Crippen LogP contribution in [-0.2, 0) is 19.1 Å². The zero-order valence-electron chi connectivity index (χ0n) is 11.5. The van der Waals surface area contributed by atoms with Gasteiger partial charge >= 0.3 is 5.97 Å². The van der Waals surface area contributed by atoms with E-state index < -0.39 is 23.3 Å². The summed E-state index contributed by atoms with van der Waals surface area (Å²) in [5, 5.41) is 32.3. The van der Waals surface area contributed by atoms with Gasteiger partial charge in [0.1, 0.15) is 6.61 Å². The van der Waals surface area contributed by atoms with Crippen molar-refractivity contribution in [2.45, 2.75) is 27.7 Å². The maximum absolute atomic E-state index is 10.3. The molecule has 0 unspecified atom stereocenters. The third kappa shape index (κ3) is 31.4. The zero-order valence-corrected chi connectivity index (χ0v) is 11.5. The maximum atomic E-state index is 10.3. The van der Waals surface area contributed by atoms with Gasteiger partial charge in [0.05, 0.1) is 13.2 Å². The quantitative estimate of drug-likeness (QED) is 0.516. The molecular weight excluding hydrogens is 260 g/mol. The number of carboxylic acids is 2. The van der Waals surface area contributed by atoms with Crippen LogP contribution >= 0.6 is 0 Å². The fourth-order valence-corrected chi connectivity index (χ4v) is 0.417. The highest BCUT2D eigenvalue weighted by Crippen LogP contribution is 2.13. The highest BCUT2D eigenvalue weighted by Gasteiger charge is 2.23. The van der Waals surface area contributed by atoms with E-state index in [1.54, 1.807) is 6.92 Å². The molecule has 114 valence electrons. The molecule has 0 aliphatic rings. The summed E-state index contributed by atoms with van der Waals surface area (Å²) in [6.45, 7) is 4.74. The van der Waals surface area contributed by atoms with Gasteiger partial charge in [-0.25, -0.2) is 0 Å². The summed E-state index contributed by atoms with van der Waals surface area (Å²) in [4.78, 5) is 28.3. The van der Waals surface area contributed by atoms with Gasteiger partial charge in [0.2, 0.25) is 0 Å². The summed E-state index contributed by atoms with van der Waals surface area (Å²) in [5.74, 6) is -2.07. The van der Waals surface area contributed by atoms with Gasteiger partial charge in [-0.05, 0) is 0 Å². The molecular formula is C11H22O8. The predicted octanol–water partition coefficient (Wildman–Crippen LogP) is -0.278. The largest absolute Gasteiger partial charge is 0.481 e. The first-order valence-electron chi connectivity index (χ1n) is 5.25. The Balaban J connectivity index is -0.000000264. The second-order valence-electron chi connectivity index (χ2n) is 3.95. The Morgan fingerprint density at radius 1 is 0.947 bits per heavy atom. The van der Waals surface area contributed by atoms with Crippen LogP contribution < -0.4 is 0 Å². The number of esters is 1. The van der Waals surface area contributed by atoms with Crippen LogP contribution in [0.1, 0.15) is 27.7 Å². The van der Waals surface area contributed by atoms with Crippen LogP contribution in [0, 0.1) is 5.41 Å². The van der Waals surface area contributed by atoms with Gasteiger partial charge in [0, 0.05) is 26.2 Å². The van der Waals surface area contributed by atoms with Crippen LogP contribution in [0.4, 0.5) is 0 Å². The first kappa shape index (κ1) is 22.5. The number of aliphatic hydroxyl groups excluding tert-OH is 2. The molecule has 19 heavy (non-hydrogen) atoms. The Morgan fingerprint density at radius 2 is 1.21 bits per heavy atom. The molecule has 0 bridgehead atoms. The summed E-state index contributed by atoms with van der Waals surface area (Å²) in [6.07, 6.45) is 0. The first-order valence-corrected chi connectivity index (χ1v) is 5.25. The summed E-state index contributed by atoms with van der Waals surface area (Å²) in [7, 11) is 0. The van der Waals surface area contributed by atoms with Crippen LogP contribution in [0.2, 0.25) is 0 Å². The minimum absolute atomic E-state index is 0.0509. The molecule has 0 radical (unpaired) electrons. The van der Waals surface area contributed by atoms with Crippen LogP contribution in [0.15, 0.2) is 0 Å². The second kappa shape index (κ2) is 12.8. The highest BCUT2D eigenvalue weighted by molar-refractivity contribution is 5.65. The first-order chi connectivity index (χ1) is 8.50. The van der Waals surface area contributed by atoms with Gasteiger partial charge in [-0.1, -0.05) is 6.92 Å². The van der Waals surface area contributed by atoms with E-state index >= 15 is 0 Å². The lowest BCUT2D eigenvalue weighted by Gasteiger charge is -2.23. The van der Waals surface area contributed by atoms with E-state index in [9.17, 15) is 4.79 Å². The fourth-order valence-electron chi connectivity index (χ4n) is 0.417. The molecule has 4 N–H and O–H groups in total. The molecule has 0 amide bonds. The lowest BCUT2D eigenvalue weighted by atomic mass is 9.95. The van der Waals surface area contributed by atoms with Gasteiger partial charge in [0.25, 0.3) is 11.9 Å². The van der Waals surface area contributed by atoms with Gasteiger partial charge < -0.3 is 25.2 Å². The molecule has 0 aromatic carbocycles. The van der Waals surface area contributed by atoms with Gasteiger partial charge in [0.15, 0.2) is 0 Å². The van der Waals surface area contributed by atoms with Crippen molar-refractivity contribution < 1.29 is 39.5 Å². The number of carbonyl (C=O) groups is 3. The third-order valence-electron chi connectivity index (χ3n) is 1.39. The van der Waals surface area contributed by atoms with E-state index in [0.717, 1.165) is 13.8 Å². The standard InChI is InChI=1S/C7H14O4.2C2H4O2/c1-6(10)11-5-7(2,3-8)4-9;2*1-2(3)4/h8-9H,3-5H2,1-2H3;2*1H3,(H,3,4). The molecule has 0 saturated carbocycles. The Bertz CT molecular complexity index is 250. The Labute approximate surface area is 111 Å². The van der Waals surface area contributed by atoms with Crippen molar-refractivity contribution in [2.24, 2.45) is 5.41 Å². The van der Waals surface area contributed by atoms with E-state index in [1.807, 2.05) is 0 Å². The summed E-state index contributed by atoms with van der Waals surface area (Å²) in [6, 6.07) is 0. The smallest absolute Gasteiger partial charge is 0.302 e. The summed E-state index contributed by atoms with van der Waals surface area (Å²) >= 11 is 0. The summed E-state index contributed by atoms with van der Waals surface area (Å²) in [5.41, 5.74) is -0.717. The van der Waals surface area contributed by atoms with Gasteiger partial charge in [-0.3, -0.25) is 14.4 Å². The van der Waals surface area contributed by atoms with Crippen molar-refractivity contribution in [3.63, 3.8) is 0 Å². The van der Waals surface area contributed by atoms with Crippen LogP contribution in [-0.4, -0.2) is 58.2 Å². The Kier molecular flexibility index (Phi) is 15.1. The highest BCUT2D eigenvalue weighted by atomic mass is 16.5. The minimum atomic E-state index is -0.833. The number of ether oxygens (including phenoxy) is 1. The van der Waals surface area contributed by atoms with Crippen LogP contribution in [0.5, 0.6) is 0 Å². The maximum Gasteiger partial charge on any atom is 0.302 e. The minimum Gasteiger partial charge on any atom is -0.481 e. The zero-order chi connectivity index (χ0) is 16.1. The predicted molar refractivity (Wildman–Crippen MR) is 65.5 cm³/mol. The second-order valence-corrected chi connectivity index (χ2v) is 3.95. The molecule has 0 spiro atoms. The van der Waals surface area contributed by atoms with E-state index in [0.29, 0.717) is 0 Å². The molecule has 0 saturated heterocycles. The van der Waals surface area contributed by atoms with Crippen molar-refractivity contribution in [1.82, 2.24) is 0 Å². The van der Waals surface area contributed by atoms with Crippen LogP contribution in [0.3, 0.4) is 0 Å². The molecule has 0 heterocycles. The van der Waals surface area contributed by atoms with Crippen molar-refractivity contribution >= 4 is 17.9 Å². The number of aliphatic carboxylic acids is 2. The summed E-state index contributed by atoms with van der Waals surface area (Å²) < 4.78 is 4.63.